The highest BCUT2D eigenvalue weighted by molar-refractivity contribution is 7.00. The molecular formula is C91H84BN3. The zero-order valence-corrected chi connectivity index (χ0v) is 56.0. The fraction of sp³-hybridized carbons (Fsp3) is 0.220. The van der Waals surface area contributed by atoms with Crippen LogP contribution in [-0.2, 0) is 10.8 Å². The molecule has 0 bridgehead atoms. The van der Waals surface area contributed by atoms with Crippen molar-refractivity contribution in [2.75, 3.05) is 9.80 Å². The number of hydrogen-bond donors (Lipinski definition) is 0. The standard InChI is InChI=1S/C91H84BN3/c1-90(2,3)77-39-43-79(44-40-77)94-85-57-67(61-25-13-7-14-26-61)37-47-81(85)92-82-48-38-68(62-27-15-8-16-28-62)58-86(82)95(80-45-41-78(42-46-80)91(4,5)6)88-60-76(59-87(94)89(88)92)84-56-74(73-51-69(63-29-17-9-18-30-63)49-70(52-73)64-31-19-10-20-32-64)55-83(93-84)75-53-71(65-33-21-11-22-34-65)50-72(54-75)66-35-23-12-24-36-66/h9-12,17-24,29-62H,7-8,13-16,25-28H2,1-6H3. The molecule has 4 aliphatic rings. The molecule has 11 aromatic carbocycles. The zero-order chi connectivity index (χ0) is 64.4. The predicted octanol–water partition coefficient (Wildman–Crippen LogP) is 23.5. The number of rotatable bonds is 11. The van der Waals surface area contributed by atoms with Gasteiger partial charge in [0.05, 0.1) is 11.4 Å². The van der Waals surface area contributed by atoms with Gasteiger partial charge in [-0.25, -0.2) is 4.98 Å². The lowest BCUT2D eigenvalue weighted by atomic mass is 9.33. The quantitative estimate of drug-likeness (QED) is 0.120. The monoisotopic (exact) mass is 1230 g/mol. The predicted molar refractivity (Wildman–Crippen MR) is 405 cm³/mol. The second kappa shape index (κ2) is 24.9. The number of nitrogens with zero attached hydrogens (tertiary/aromatic N) is 3. The van der Waals surface area contributed by atoms with E-state index in [4.69, 9.17) is 4.98 Å². The second-order valence-electron chi connectivity index (χ2n) is 29.6. The molecule has 0 radical (unpaired) electrons. The van der Waals surface area contributed by atoms with E-state index in [1.54, 1.807) is 0 Å². The van der Waals surface area contributed by atoms with Crippen molar-refractivity contribution in [3.8, 4) is 78.1 Å². The van der Waals surface area contributed by atoms with Gasteiger partial charge in [0, 0.05) is 45.3 Å². The van der Waals surface area contributed by atoms with Crippen LogP contribution in [0.5, 0.6) is 0 Å². The Kier molecular flexibility index (Phi) is 15.7. The first-order valence-electron chi connectivity index (χ1n) is 35.2. The third-order valence-corrected chi connectivity index (χ3v) is 21.3. The molecule has 2 aliphatic heterocycles. The fourth-order valence-electron chi connectivity index (χ4n) is 16.1. The van der Waals surface area contributed by atoms with E-state index in [2.05, 4.69) is 318 Å². The minimum absolute atomic E-state index is 0.0146. The first kappa shape index (κ1) is 60.2. The molecule has 0 atom stereocenters. The second-order valence-corrected chi connectivity index (χ2v) is 29.6. The van der Waals surface area contributed by atoms with Crippen molar-refractivity contribution >= 4 is 57.2 Å². The van der Waals surface area contributed by atoms with Gasteiger partial charge >= 0.3 is 0 Å². The summed E-state index contributed by atoms with van der Waals surface area (Å²) in [4.78, 5) is 11.4. The lowest BCUT2D eigenvalue weighted by Gasteiger charge is -2.45. The zero-order valence-electron chi connectivity index (χ0n) is 56.0. The Bertz CT molecular complexity index is 4370. The van der Waals surface area contributed by atoms with Crippen LogP contribution in [0.25, 0.3) is 78.1 Å². The van der Waals surface area contributed by atoms with Crippen LogP contribution in [0.1, 0.15) is 140 Å². The number of anilines is 6. The summed E-state index contributed by atoms with van der Waals surface area (Å²) in [6.07, 6.45) is 12.7. The first-order chi connectivity index (χ1) is 46.3. The van der Waals surface area contributed by atoms with Crippen LogP contribution in [0.2, 0.25) is 0 Å². The van der Waals surface area contributed by atoms with Gasteiger partial charge in [0.1, 0.15) is 0 Å². The van der Waals surface area contributed by atoms with Crippen molar-refractivity contribution in [3.63, 3.8) is 0 Å². The topological polar surface area (TPSA) is 19.4 Å². The molecule has 12 aromatic rings. The maximum atomic E-state index is 6.07. The minimum atomic E-state index is -0.0285. The molecule has 0 amide bonds. The number of pyridine rings is 1. The Labute approximate surface area is 564 Å². The third-order valence-electron chi connectivity index (χ3n) is 21.3. The van der Waals surface area contributed by atoms with Crippen molar-refractivity contribution in [3.05, 3.63) is 289 Å². The molecule has 1 aromatic heterocycles. The molecule has 0 spiro atoms. The first-order valence-corrected chi connectivity index (χ1v) is 35.2. The molecule has 3 heterocycles. The molecule has 3 nitrogen and oxygen atoms in total. The molecule has 0 saturated heterocycles. The van der Waals surface area contributed by atoms with Gasteiger partial charge in [0.2, 0.25) is 0 Å². The molecule has 2 fully saturated rings. The van der Waals surface area contributed by atoms with Crippen LogP contribution < -0.4 is 26.2 Å². The van der Waals surface area contributed by atoms with E-state index in [0.29, 0.717) is 11.8 Å². The van der Waals surface area contributed by atoms with Gasteiger partial charge in [-0.2, -0.15) is 0 Å². The van der Waals surface area contributed by atoms with Gasteiger partial charge < -0.3 is 9.80 Å². The fourth-order valence-corrected chi connectivity index (χ4v) is 16.1. The Morgan fingerprint density at radius 1 is 0.295 bits per heavy atom. The largest absolute Gasteiger partial charge is 0.311 e. The van der Waals surface area contributed by atoms with Gasteiger partial charge in [-0.15, -0.1) is 0 Å². The van der Waals surface area contributed by atoms with Crippen LogP contribution in [0.15, 0.2) is 267 Å². The van der Waals surface area contributed by atoms with Crippen molar-refractivity contribution in [1.82, 2.24) is 4.98 Å². The highest BCUT2D eigenvalue weighted by atomic mass is 15.2. The summed E-state index contributed by atoms with van der Waals surface area (Å²) in [5, 5.41) is 0. The number of aromatic nitrogens is 1. The summed E-state index contributed by atoms with van der Waals surface area (Å²) in [5.74, 6) is 1.06. The van der Waals surface area contributed by atoms with Gasteiger partial charge in [0.25, 0.3) is 6.71 Å². The number of fused-ring (bicyclic) bond motifs is 4. The van der Waals surface area contributed by atoms with E-state index in [9.17, 15) is 0 Å². The number of hydrogen-bond acceptors (Lipinski definition) is 3. The van der Waals surface area contributed by atoms with Crippen molar-refractivity contribution in [2.45, 2.75) is 128 Å². The highest BCUT2D eigenvalue weighted by Gasteiger charge is 2.45. The van der Waals surface area contributed by atoms with Crippen molar-refractivity contribution in [2.24, 2.45) is 0 Å². The molecule has 16 rings (SSSR count). The maximum absolute atomic E-state index is 6.07. The summed E-state index contributed by atoms with van der Waals surface area (Å²) < 4.78 is 0. The molecular weight excluding hydrogens is 1150 g/mol. The summed E-state index contributed by atoms with van der Waals surface area (Å²) >= 11 is 0. The van der Waals surface area contributed by atoms with Gasteiger partial charge in [-0.3, -0.25) is 0 Å². The van der Waals surface area contributed by atoms with Gasteiger partial charge in [0.15, 0.2) is 0 Å². The van der Waals surface area contributed by atoms with Gasteiger partial charge in [-0.1, -0.05) is 250 Å². The van der Waals surface area contributed by atoms with E-state index in [-0.39, 0.29) is 17.5 Å². The van der Waals surface area contributed by atoms with Crippen LogP contribution in [0.4, 0.5) is 34.1 Å². The third kappa shape index (κ3) is 11.7. The van der Waals surface area contributed by atoms with E-state index in [1.165, 1.54) is 159 Å². The van der Waals surface area contributed by atoms with Crippen LogP contribution in [0.3, 0.4) is 0 Å². The van der Waals surface area contributed by atoms with Gasteiger partial charge in [-0.05, 0) is 240 Å². The Hall–Kier alpha value is -9.77. The lowest BCUT2D eigenvalue weighted by Crippen LogP contribution is -2.61. The molecule has 0 N–H and O–H groups in total. The summed E-state index contributed by atoms with van der Waals surface area (Å²) in [6.45, 7) is 13.9. The van der Waals surface area contributed by atoms with E-state index < -0.39 is 0 Å². The summed E-state index contributed by atoms with van der Waals surface area (Å²) in [5.41, 5.74) is 32.4. The average Bonchev–Trinajstić information content (AvgIpc) is 0.695. The molecule has 466 valence electrons. The maximum Gasteiger partial charge on any atom is 0.252 e. The lowest BCUT2D eigenvalue weighted by molar-refractivity contribution is 0.444. The Balaban J connectivity index is 1.01. The van der Waals surface area contributed by atoms with Crippen LogP contribution in [-0.4, -0.2) is 11.7 Å². The summed E-state index contributed by atoms with van der Waals surface area (Å²) in [6, 6.07) is 102. The Morgan fingerprint density at radius 3 is 0.958 bits per heavy atom. The highest BCUT2D eigenvalue weighted by Crippen LogP contribution is 2.50. The van der Waals surface area contributed by atoms with E-state index in [0.717, 1.165) is 56.1 Å². The molecule has 2 saturated carbocycles. The molecule has 2 aliphatic carbocycles. The normalized spacial score (nSPS) is 14.9. The number of benzene rings is 11. The minimum Gasteiger partial charge on any atom is -0.311 e. The van der Waals surface area contributed by atoms with E-state index in [1.807, 2.05) is 0 Å². The molecule has 4 heteroatoms. The van der Waals surface area contributed by atoms with E-state index >= 15 is 0 Å². The smallest absolute Gasteiger partial charge is 0.252 e. The van der Waals surface area contributed by atoms with Crippen LogP contribution in [0, 0.1) is 0 Å². The molecule has 95 heavy (non-hydrogen) atoms. The molecule has 0 unspecified atom stereocenters. The van der Waals surface area contributed by atoms with Crippen molar-refractivity contribution < 1.29 is 0 Å². The summed E-state index contributed by atoms with van der Waals surface area (Å²) in [7, 11) is 0. The van der Waals surface area contributed by atoms with Crippen molar-refractivity contribution in [1.29, 1.82) is 0 Å². The average molecular weight is 1230 g/mol. The SMILES string of the molecule is CC(C)(C)c1ccc(N2c3cc(C4CCCCC4)ccc3B3c4ccc(C5CCCCC5)cc4N(c4ccc(C(C)(C)C)cc4)c4cc(-c5cc(-c6cc(-c7ccccc7)cc(-c7ccccc7)c6)cc(-c6cc(-c7ccccc7)cc(-c7ccccc7)c6)n5)cc2c43)cc1. The van der Waals surface area contributed by atoms with Crippen LogP contribution >= 0.6 is 0 Å². The Morgan fingerprint density at radius 2 is 0.611 bits per heavy atom.